The van der Waals surface area contributed by atoms with E-state index in [1.54, 1.807) is 39.2 Å². The molecule has 0 aliphatic carbocycles. The molecule has 9 nitrogen and oxygen atoms in total. The number of carbonyl (C=O) groups is 2. The van der Waals surface area contributed by atoms with Crippen LogP contribution < -0.4 is 22.3 Å². The first kappa shape index (κ1) is 24.5. The second-order valence-corrected chi connectivity index (χ2v) is 8.06. The highest BCUT2D eigenvalue weighted by Gasteiger charge is 2.22. The average Bonchev–Trinajstić information content (AvgIpc) is 2.82. The zero-order chi connectivity index (χ0) is 24.8. The third-order valence-electron chi connectivity index (χ3n) is 5.54. The number of nitrogens with one attached hydrogen (secondary N) is 1. The molecule has 0 unspecified atom stereocenters. The smallest absolute Gasteiger partial charge is 0.332 e. The maximum Gasteiger partial charge on any atom is 0.332 e. The van der Waals surface area contributed by atoms with Crippen molar-refractivity contribution in [2.24, 2.45) is 0 Å². The third kappa shape index (κ3) is 5.25. The number of hydrogen-bond acceptors (Lipinski definition) is 6. The lowest BCUT2D eigenvalue weighted by molar-refractivity contribution is -0.127. The van der Waals surface area contributed by atoms with E-state index in [9.17, 15) is 19.2 Å². The molecule has 0 atom stereocenters. The van der Waals surface area contributed by atoms with E-state index in [2.05, 4.69) is 5.32 Å². The molecule has 0 saturated heterocycles. The van der Waals surface area contributed by atoms with Crippen molar-refractivity contribution in [2.45, 2.75) is 26.4 Å². The highest BCUT2D eigenvalue weighted by Crippen LogP contribution is 2.17. The molecule has 1 heterocycles. The molecule has 0 radical (unpaired) electrons. The number of nitrogen functional groups attached to an aromatic ring is 1. The van der Waals surface area contributed by atoms with E-state index in [4.69, 9.17) is 5.73 Å². The quantitative estimate of drug-likeness (QED) is 0.465. The number of nitrogens with zero attached hydrogens (tertiary/aromatic N) is 3. The average molecular weight is 464 g/mol. The summed E-state index contributed by atoms with van der Waals surface area (Å²) in [6, 6.07) is 16.3. The van der Waals surface area contributed by atoms with Crippen molar-refractivity contribution in [2.75, 3.05) is 31.7 Å². The van der Waals surface area contributed by atoms with Crippen LogP contribution in [0.15, 0.2) is 64.2 Å². The minimum Gasteiger partial charge on any atom is -0.384 e. The number of Topliss-reactive ketones (excluding diaryl/α,β-unsaturated/α-hetero) is 1. The Kier molecular flexibility index (Phi) is 7.68. The predicted octanol–water partition coefficient (Wildman–Crippen LogP) is 1.59. The molecule has 1 amide bonds. The van der Waals surface area contributed by atoms with Gasteiger partial charge in [-0.2, -0.15) is 0 Å². The van der Waals surface area contributed by atoms with Gasteiger partial charge in [0.2, 0.25) is 5.91 Å². The molecule has 9 heteroatoms. The summed E-state index contributed by atoms with van der Waals surface area (Å²) in [4.78, 5) is 52.6. The van der Waals surface area contributed by atoms with E-state index >= 15 is 0 Å². The number of carbonyl (C=O) groups excluding carboxylic acids is 2. The number of anilines is 2. The Balaban J connectivity index is 1.93. The van der Waals surface area contributed by atoms with Gasteiger partial charge in [-0.25, -0.2) is 4.79 Å². The van der Waals surface area contributed by atoms with Crippen LogP contribution in [-0.2, 0) is 24.3 Å². The molecular weight excluding hydrogens is 434 g/mol. The highest BCUT2D eigenvalue weighted by molar-refractivity contribution is 6.02. The van der Waals surface area contributed by atoms with Crippen LogP contribution in [0.3, 0.4) is 0 Å². The summed E-state index contributed by atoms with van der Waals surface area (Å²) in [5.41, 5.74) is 6.85. The van der Waals surface area contributed by atoms with Crippen LogP contribution in [0.5, 0.6) is 0 Å². The topological polar surface area (TPSA) is 119 Å². The number of benzene rings is 2. The Morgan fingerprint density at radius 2 is 1.62 bits per heavy atom. The molecule has 0 saturated carbocycles. The number of ketones is 1. The molecule has 3 rings (SSSR count). The molecule has 1 aromatic heterocycles. The molecule has 178 valence electrons. The largest absolute Gasteiger partial charge is 0.384 e. The van der Waals surface area contributed by atoms with E-state index < -0.39 is 17.0 Å². The number of rotatable bonds is 9. The first-order valence-electron chi connectivity index (χ1n) is 11.0. The van der Waals surface area contributed by atoms with Crippen LogP contribution in [0, 0.1) is 0 Å². The molecule has 0 aliphatic rings. The number of hydrogen-bond donors (Lipinski definition) is 2. The van der Waals surface area contributed by atoms with E-state index in [0.717, 1.165) is 15.7 Å². The van der Waals surface area contributed by atoms with Gasteiger partial charge in [0.15, 0.2) is 5.78 Å². The number of likely N-dealkylation sites (N-methyl/N-ethyl adjacent to an activating group) is 1. The number of para-hydroxylation sites is 1. The van der Waals surface area contributed by atoms with Crippen LogP contribution in [0.1, 0.15) is 28.4 Å². The number of amides is 1. The maximum atomic E-state index is 13.1. The first-order valence-corrected chi connectivity index (χ1v) is 11.0. The summed E-state index contributed by atoms with van der Waals surface area (Å²) in [6.45, 7) is 1.68. The molecule has 0 bridgehead atoms. The summed E-state index contributed by atoms with van der Waals surface area (Å²) in [7, 11) is 3.35. The van der Waals surface area contributed by atoms with Gasteiger partial charge in [-0.15, -0.1) is 0 Å². The standard InChI is InChI=1S/C25H29N5O4/c1-4-29-24(33)22(23(26)30(25(29)34)16-17-10-6-5-7-11-17)20(31)15-27-19-13-9-8-12-18(19)14-21(32)28(2)3/h5-13,27H,4,14-16,26H2,1-3H3. The first-order chi connectivity index (χ1) is 16.2. The summed E-state index contributed by atoms with van der Waals surface area (Å²) in [5, 5.41) is 3.02. The Labute approximate surface area is 197 Å². The fourth-order valence-corrected chi connectivity index (χ4v) is 3.61. The van der Waals surface area contributed by atoms with Gasteiger partial charge in [0.25, 0.3) is 5.56 Å². The molecule has 34 heavy (non-hydrogen) atoms. The van der Waals surface area contributed by atoms with Crippen LogP contribution in [0.4, 0.5) is 11.5 Å². The van der Waals surface area contributed by atoms with Crippen LogP contribution >= 0.6 is 0 Å². The van der Waals surface area contributed by atoms with Gasteiger partial charge in [0.05, 0.1) is 19.5 Å². The van der Waals surface area contributed by atoms with Gasteiger partial charge in [-0.3, -0.25) is 23.5 Å². The minimum absolute atomic E-state index is 0.0800. The lowest BCUT2D eigenvalue weighted by Gasteiger charge is -2.17. The maximum absolute atomic E-state index is 13.1. The molecule has 2 aromatic carbocycles. The van der Waals surface area contributed by atoms with Crippen LogP contribution in [-0.4, -0.2) is 46.4 Å². The van der Waals surface area contributed by atoms with Crippen LogP contribution in [0.2, 0.25) is 0 Å². The van der Waals surface area contributed by atoms with Gasteiger partial charge >= 0.3 is 5.69 Å². The van der Waals surface area contributed by atoms with E-state index in [1.165, 1.54) is 9.47 Å². The van der Waals surface area contributed by atoms with Crippen molar-refractivity contribution in [3.63, 3.8) is 0 Å². The Hall–Kier alpha value is -4.14. The van der Waals surface area contributed by atoms with Crippen molar-refractivity contribution in [1.82, 2.24) is 14.0 Å². The zero-order valence-corrected chi connectivity index (χ0v) is 19.6. The number of aromatic nitrogens is 2. The zero-order valence-electron chi connectivity index (χ0n) is 19.6. The molecule has 0 spiro atoms. The lowest BCUT2D eigenvalue weighted by atomic mass is 10.1. The van der Waals surface area contributed by atoms with Crippen molar-refractivity contribution in [3.05, 3.63) is 92.1 Å². The summed E-state index contributed by atoms with van der Waals surface area (Å²) >= 11 is 0. The molecule has 3 aromatic rings. The van der Waals surface area contributed by atoms with Crippen molar-refractivity contribution >= 4 is 23.2 Å². The fraction of sp³-hybridized carbons (Fsp3) is 0.280. The summed E-state index contributed by atoms with van der Waals surface area (Å²) in [6.07, 6.45) is 0.164. The normalized spacial score (nSPS) is 10.7. The Bertz CT molecular complexity index is 1310. The van der Waals surface area contributed by atoms with Crippen LogP contribution in [0.25, 0.3) is 0 Å². The molecule has 3 N–H and O–H groups in total. The molecular formula is C25H29N5O4. The molecule has 0 aliphatic heterocycles. The van der Waals surface area contributed by atoms with Gasteiger partial charge in [-0.05, 0) is 24.1 Å². The summed E-state index contributed by atoms with van der Waals surface area (Å²) in [5.74, 6) is -0.782. The predicted molar refractivity (Wildman–Crippen MR) is 132 cm³/mol. The van der Waals surface area contributed by atoms with E-state index in [0.29, 0.717) is 5.69 Å². The monoisotopic (exact) mass is 463 g/mol. The Morgan fingerprint density at radius 1 is 0.971 bits per heavy atom. The lowest BCUT2D eigenvalue weighted by Crippen LogP contribution is -2.44. The van der Waals surface area contributed by atoms with Crippen molar-refractivity contribution in [1.29, 1.82) is 0 Å². The second kappa shape index (κ2) is 10.7. The Morgan fingerprint density at radius 3 is 2.26 bits per heavy atom. The minimum atomic E-state index is -0.711. The van der Waals surface area contributed by atoms with Crippen molar-refractivity contribution in [3.8, 4) is 0 Å². The second-order valence-electron chi connectivity index (χ2n) is 8.06. The van der Waals surface area contributed by atoms with Crippen molar-refractivity contribution < 1.29 is 9.59 Å². The van der Waals surface area contributed by atoms with Gasteiger partial charge in [0.1, 0.15) is 11.4 Å². The SMILES string of the molecule is CCn1c(=O)c(C(=O)CNc2ccccc2CC(=O)N(C)C)c(N)n(Cc2ccccc2)c1=O. The van der Waals surface area contributed by atoms with Gasteiger partial charge in [0, 0.05) is 26.3 Å². The van der Waals surface area contributed by atoms with Gasteiger partial charge in [-0.1, -0.05) is 48.5 Å². The van der Waals surface area contributed by atoms with E-state index in [-0.39, 0.29) is 43.3 Å². The van der Waals surface area contributed by atoms with Gasteiger partial charge < -0.3 is 16.0 Å². The van der Waals surface area contributed by atoms with E-state index in [1.807, 2.05) is 36.4 Å². The highest BCUT2D eigenvalue weighted by atomic mass is 16.2. The summed E-state index contributed by atoms with van der Waals surface area (Å²) < 4.78 is 2.26. The number of nitrogens with two attached hydrogens (primary N) is 1. The fourth-order valence-electron chi connectivity index (χ4n) is 3.61. The molecule has 0 fully saturated rings. The third-order valence-corrected chi connectivity index (χ3v) is 5.54.